The van der Waals surface area contributed by atoms with Crippen molar-refractivity contribution in [3.8, 4) is 45.0 Å². The predicted molar refractivity (Wildman–Crippen MR) is 382 cm³/mol. The molecule has 0 unspecified atom stereocenters. The van der Waals surface area contributed by atoms with Crippen molar-refractivity contribution in [2.75, 3.05) is 0 Å². The van der Waals surface area contributed by atoms with Crippen LogP contribution >= 0.6 is 0 Å². The fraction of sp³-hybridized carbons (Fsp3) is 0.488. The largest absolute Gasteiger partial charge is 0.212 e. The Morgan fingerprint density at radius 2 is 0.589 bits per heavy atom. The Hall–Kier alpha value is -6.52. The lowest BCUT2D eigenvalue weighted by atomic mass is 9.62. The molecule has 4 heteroatoms. The van der Waals surface area contributed by atoms with Crippen LogP contribution in [-0.2, 0) is 71.5 Å². The molecule has 0 amide bonds. The molecule has 90 heavy (non-hydrogen) atoms. The van der Waals surface area contributed by atoms with E-state index in [0.29, 0.717) is 5.56 Å². The Balaban J connectivity index is 0.000000147. The van der Waals surface area contributed by atoms with Gasteiger partial charge in [0.05, 0.1) is 0 Å². The summed E-state index contributed by atoms with van der Waals surface area (Å²) in [5.41, 5.74) is 31.0. The Morgan fingerprint density at radius 3 is 0.956 bits per heavy atom. The van der Waals surface area contributed by atoms with E-state index in [4.69, 9.17) is 4.11 Å². The number of fused-ring (bicyclic) bond motifs is 4. The van der Waals surface area contributed by atoms with Gasteiger partial charge < -0.3 is 0 Å². The number of pyridine rings is 4. The van der Waals surface area contributed by atoms with Crippen LogP contribution < -0.4 is 18.3 Å². The van der Waals surface area contributed by atoms with E-state index >= 15 is 0 Å². The van der Waals surface area contributed by atoms with Crippen LogP contribution in [-0.4, -0.2) is 0 Å². The molecule has 8 aromatic rings. The molecular weight excluding hydrogens is 1090 g/mol. The molecule has 4 aromatic carbocycles. The molecule has 4 nitrogen and oxygen atoms in total. The van der Waals surface area contributed by atoms with Crippen LogP contribution in [0.4, 0.5) is 0 Å². The Bertz CT molecular complexity index is 4010. The van der Waals surface area contributed by atoms with E-state index in [2.05, 4.69) is 301 Å². The Morgan fingerprint density at radius 1 is 0.278 bits per heavy atom. The second-order valence-electron chi connectivity index (χ2n) is 33.4. The number of hydrogen-bond acceptors (Lipinski definition) is 0. The van der Waals surface area contributed by atoms with Gasteiger partial charge in [-0.15, -0.1) is 0 Å². The summed E-state index contributed by atoms with van der Waals surface area (Å²) in [7, 11) is 8.58. The summed E-state index contributed by atoms with van der Waals surface area (Å²) in [6, 6.07) is 39.5. The van der Waals surface area contributed by atoms with E-state index in [0.717, 1.165) is 16.8 Å². The number of aromatic nitrogens is 4. The van der Waals surface area contributed by atoms with E-state index in [9.17, 15) is 0 Å². The Labute approximate surface area is 551 Å². The minimum atomic E-state index is -2.06. The third-order valence-electron chi connectivity index (χ3n) is 22.4. The van der Waals surface area contributed by atoms with Gasteiger partial charge in [-0.2, -0.15) is 0 Å². The van der Waals surface area contributed by atoms with Crippen molar-refractivity contribution in [1.29, 1.82) is 0 Å². The quantitative estimate of drug-likeness (QED) is 0.156. The number of hydrogen-bond donors (Lipinski definition) is 0. The maximum atomic E-state index is 7.64. The summed E-state index contributed by atoms with van der Waals surface area (Å²) >= 11 is 0. The first-order valence-electron chi connectivity index (χ1n) is 35.4. The van der Waals surface area contributed by atoms with Crippen molar-refractivity contribution in [2.45, 2.75) is 247 Å². The molecule has 0 atom stereocenters. The zero-order valence-electron chi connectivity index (χ0n) is 63.6. The Kier molecular flexibility index (Phi) is 17.3. The second-order valence-corrected chi connectivity index (χ2v) is 33.4. The van der Waals surface area contributed by atoms with Gasteiger partial charge in [-0.1, -0.05) is 170 Å². The lowest BCUT2D eigenvalue weighted by Crippen LogP contribution is -2.40. The molecule has 0 radical (unpaired) electrons. The first-order valence-corrected chi connectivity index (χ1v) is 33.9. The van der Waals surface area contributed by atoms with Gasteiger partial charge in [0.25, 0.3) is 0 Å². The summed E-state index contributed by atoms with van der Waals surface area (Å²) < 4.78 is 31.9. The van der Waals surface area contributed by atoms with Crippen molar-refractivity contribution in [2.24, 2.45) is 28.2 Å². The van der Waals surface area contributed by atoms with E-state index in [1.54, 1.807) is 17.7 Å². The summed E-state index contributed by atoms with van der Waals surface area (Å²) in [6.45, 7) is 46.8. The van der Waals surface area contributed by atoms with Gasteiger partial charge in [-0.25, -0.2) is 18.3 Å². The molecule has 0 spiro atoms. The fourth-order valence-corrected chi connectivity index (χ4v) is 15.4. The number of aryl methyl sites for hydroxylation is 10. The zero-order valence-corrected chi connectivity index (χ0v) is 60.6. The van der Waals surface area contributed by atoms with E-state index in [1.807, 2.05) is 13.0 Å². The average molecular weight is 1210 g/mol. The van der Waals surface area contributed by atoms with Crippen molar-refractivity contribution in [3.63, 3.8) is 0 Å². The van der Waals surface area contributed by atoms with Crippen LogP contribution in [0.5, 0.6) is 0 Å². The highest BCUT2D eigenvalue weighted by atomic mass is 14.9. The van der Waals surface area contributed by atoms with Gasteiger partial charge in [-0.3, -0.25) is 0 Å². The predicted octanol–water partition coefficient (Wildman–Crippen LogP) is 20.0. The summed E-state index contributed by atoms with van der Waals surface area (Å²) in [5.74, 6) is 0. The van der Waals surface area contributed by atoms with Crippen molar-refractivity contribution in [3.05, 3.63) is 212 Å². The standard InChI is InChI=1S/2C22H30N.2C21H28N/c2*1-15-8-9-17(16(2)12-15)20-13-18-19(14-23(20)7)22(5,6)11-10-21(18,3)4;1-15-13-17-18(21(4,5)11-10-20(17,2)3)14-16(15)19-9-7-8-12-22(19)6;1-15-9-7-8-10-16(15)19-13-17-18(14-22(19)6)21(4,5)12-11-20(17,2)3/h2*8-9,12-14H,10-11H2,1-7H3;7-9,12-14H,10-11H2,1-6H3;7-10,13-14H,11-12H2,1-6H3/q4*+1/i1D3;;;. The molecule has 0 saturated carbocycles. The third kappa shape index (κ3) is 13.5. The van der Waals surface area contributed by atoms with Crippen LogP contribution in [0.25, 0.3) is 45.0 Å². The van der Waals surface area contributed by atoms with Crippen LogP contribution in [0.1, 0.15) is 244 Å². The monoisotopic (exact) mass is 1210 g/mol. The minimum absolute atomic E-state index is 0.153. The molecule has 0 saturated heterocycles. The summed E-state index contributed by atoms with van der Waals surface area (Å²) in [5, 5.41) is 0. The first kappa shape index (κ1) is 63.6. The molecule has 4 aliphatic carbocycles. The molecule has 0 fully saturated rings. The van der Waals surface area contributed by atoms with Gasteiger partial charge in [0.2, 0.25) is 22.8 Å². The lowest BCUT2D eigenvalue weighted by Gasteiger charge is -2.42. The number of rotatable bonds is 4. The molecule has 0 N–H and O–H groups in total. The molecule has 12 rings (SSSR count). The summed E-state index contributed by atoms with van der Waals surface area (Å²) in [6.07, 6.45) is 19.1. The van der Waals surface area contributed by atoms with E-state index in [-0.39, 0.29) is 43.3 Å². The molecule has 4 aliphatic rings. The lowest BCUT2D eigenvalue weighted by molar-refractivity contribution is -0.661. The van der Waals surface area contributed by atoms with Gasteiger partial charge in [0.1, 0.15) is 28.2 Å². The molecule has 0 aliphatic heterocycles. The van der Waals surface area contributed by atoms with Crippen molar-refractivity contribution < 1.29 is 22.4 Å². The average Bonchev–Trinajstić information content (AvgIpc) is 0.772. The van der Waals surface area contributed by atoms with E-state index in [1.165, 1.54) is 146 Å². The number of benzene rings is 4. The fourth-order valence-electron chi connectivity index (χ4n) is 15.4. The van der Waals surface area contributed by atoms with Crippen LogP contribution in [0.3, 0.4) is 0 Å². The van der Waals surface area contributed by atoms with Crippen molar-refractivity contribution >= 4 is 0 Å². The highest BCUT2D eigenvalue weighted by molar-refractivity contribution is 5.67. The van der Waals surface area contributed by atoms with Crippen LogP contribution in [0.2, 0.25) is 0 Å². The van der Waals surface area contributed by atoms with Gasteiger partial charge in [-0.05, 0) is 217 Å². The number of nitrogens with zero attached hydrogens (tertiary/aromatic N) is 4. The molecule has 4 aromatic heterocycles. The second kappa shape index (κ2) is 24.5. The SMILES string of the molecule is Cc1cc2c(cc1-c1cccc[n+]1C)C(C)(C)CCC2(C)C.Cc1ccc(-c2cc3c(c[n+]2C)C(C)(C)CCC3(C)C)c(C)c1.Cc1ccccc1-c1cc2c(c[n+]1C)C(C)(C)CCC2(C)C.[2H]C([2H])([2H])c1ccc(-c2cc3c(c[n+]2C)C(C)(C)CCC3(C)C)c(C)c1. The van der Waals surface area contributed by atoms with Gasteiger partial charge in [0, 0.05) is 73.4 Å². The molecule has 0 bridgehead atoms. The zero-order chi connectivity index (χ0) is 68.7. The van der Waals surface area contributed by atoms with Crippen LogP contribution in [0, 0.1) is 41.5 Å². The smallest absolute Gasteiger partial charge is 0.201 e. The summed E-state index contributed by atoms with van der Waals surface area (Å²) in [4.78, 5) is 0. The normalized spacial score (nSPS) is 19.3. The molecular formula is C86H116N4+4. The van der Waals surface area contributed by atoms with Crippen molar-refractivity contribution in [1.82, 2.24) is 0 Å². The van der Waals surface area contributed by atoms with E-state index < -0.39 is 6.85 Å². The van der Waals surface area contributed by atoms with Gasteiger partial charge in [0.15, 0.2) is 24.8 Å². The van der Waals surface area contributed by atoms with Crippen LogP contribution in [0.15, 0.2) is 134 Å². The molecule has 4 heterocycles. The topological polar surface area (TPSA) is 15.5 Å². The highest BCUT2D eigenvalue weighted by Gasteiger charge is 2.44. The van der Waals surface area contributed by atoms with Gasteiger partial charge >= 0.3 is 0 Å². The maximum absolute atomic E-state index is 7.64. The highest BCUT2D eigenvalue weighted by Crippen LogP contribution is 2.51. The minimum Gasteiger partial charge on any atom is -0.201 e. The molecule has 476 valence electrons. The third-order valence-corrected chi connectivity index (χ3v) is 22.4. The first-order chi connectivity index (χ1) is 42.9. The maximum Gasteiger partial charge on any atom is 0.212 e.